The van der Waals surface area contributed by atoms with E-state index in [1.807, 2.05) is 30.3 Å². The molecule has 0 radical (unpaired) electrons. The predicted molar refractivity (Wildman–Crippen MR) is 83.9 cm³/mol. The van der Waals surface area contributed by atoms with Crippen LogP contribution in [0.5, 0.6) is 0 Å². The normalized spacial score (nSPS) is 29.0. The number of benzene rings is 1. The molecule has 1 aromatic heterocycles. The first-order chi connectivity index (χ1) is 11.7. The molecule has 2 aromatic rings. The molecule has 4 rings (SSSR count). The Hall–Kier alpha value is -2.20. The number of aliphatic hydroxyl groups is 1. The Morgan fingerprint density at radius 2 is 1.88 bits per heavy atom. The standard InChI is InChI=1S/C15H15BN2O6/c19-8-10-12-13(24-16(23-12)9-4-2-1-3-5-9)14(22-10)18-7-6-11(20)17-15(18)21/h1-7,10,12-14,19H,8H2,(H,17,20,21)/t10-,12?,13+,14-/m1/s1. The Labute approximate surface area is 136 Å². The van der Waals surface area contributed by atoms with Crippen molar-refractivity contribution in [1.82, 2.24) is 9.55 Å². The molecule has 2 N–H and O–H groups in total. The topological polar surface area (TPSA) is 103 Å². The van der Waals surface area contributed by atoms with Gasteiger partial charge in [-0.2, -0.15) is 0 Å². The Bertz CT molecular complexity index is 838. The van der Waals surface area contributed by atoms with E-state index >= 15 is 0 Å². The quantitative estimate of drug-likeness (QED) is 0.672. The summed E-state index contributed by atoms with van der Waals surface area (Å²) in [7, 11) is -0.597. The Morgan fingerprint density at radius 3 is 2.58 bits per heavy atom. The van der Waals surface area contributed by atoms with Gasteiger partial charge in [-0.15, -0.1) is 0 Å². The van der Waals surface area contributed by atoms with Gasteiger partial charge in [-0.05, 0) is 5.46 Å². The van der Waals surface area contributed by atoms with Crippen LogP contribution in [0, 0.1) is 0 Å². The molecule has 3 heterocycles. The van der Waals surface area contributed by atoms with Crippen molar-refractivity contribution < 1.29 is 19.2 Å². The second kappa shape index (κ2) is 6.02. The first-order valence-corrected chi connectivity index (χ1v) is 7.61. The van der Waals surface area contributed by atoms with E-state index in [-0.39, 0.29) is 6.61 Å². The molecular formula is C15H15BN2O6. The van der Waals surface area contributed by atoms with Gasteiger partial charge in [0.1, 0.15) is 18.3 Å². The molecule has 24 heavy (non-hydrogen) atoms. The van der Waals surface area contributed by atoms with E-state index in [2.05, 4.69) is 4.98 Å². The van der Waals surface area contributed by atoms with Crippen molar-refractivity contribution in [2.75, 3.05) is 6.61 Å². The summed E-state index contributed by atoms with van der Waals surface area (Å²) < 4.78 is 18.8. The first-order valence-electron chi connectivity index (χ1n) is 7.61. The van der Waals surface area contributed by atoms with Gasteiger partial charge in [-0.3, -0.25) is 14.3 Å². The summed E-state index contributed by atoms with van der Waals surface area (Å²) in [6.07, 6.45) is -1.14. The van der Waals surface area contributed by atoms with Gasteiger partial charge in [0.25, 0.3) is 5.56 Å². The number of nitrogens with one attached hydrogen (secondary N) is 1. The maximum absolute atomic E-state index is 12.0. The molecule has 0 bridgehead atoms. The maximum atomic E-state index is 12.0. The van der Waals surface area contributed by atoms with Crippen LogP contribution in [0.2, 0.25) is 0 Å². The fourth-order valence-electron chi connectivity index (χ4n) is 3.10. The van der Waals surface area contributed by atoms with Gasteiger partial charge in [0.2, 0.25) is 0 Å². The predicted octanol–water partition coefficient (Wildman–Crippen LogP) is -1.39. The lowest BCUT2D eigenvalue weighted by Crippen LogP contribution is -2.38. The van der Waals surface area contributed by atoms with Crippen molar-refractivity contribution in [2.24, 2.45) is 0 Å². The monoisotopic (exact) mass is 330 g/mol. The van der Waals surface area contributed by atoms with E-state index in [9.17, 15) is 14.7 Å². The highest BCUT2D eigenvalue weighted by atomic mass is 16.7. The molecule has 9 heteroatoms. The molecule has 0 spiro atoms. The van der Waals surface area contributed by atoms with Crippen LogP contribution in [0.25, 0.3) is 0 Å². The molecule has 0 amide bonds. The molecule has 0 saturated carbocycles. The van der Waals surface area contributed by atoms with Crippen molar-refractivity contribution in [3.63, 3.8) is 0 Å². The number of hydrogen-bond donors (Lipinski definition) is 2. The molecule has 2 aliphatic heterocycles. The summed E-state index contributed by atoms with van der Waals surface area (Å²) in [6.45, 7) is -0.263. The Kier molecular flexibility index (Phi) is 3.85. The van der Waals surface area contributed by atoms with Gasteiger partial charge in [-0.25, -0.2) is 4.79 Å². The number of aliphatic hydroxyl groups excluding tert-OH is 1. The van der Waals surface area contributed by atoms with Gasteiger partial charge in [-0.1, -0.05) is 30.3 Å². The fraction of sp³-hybridized carbons (Fsp3) is 0.333. The van der Waals surface area contributed by atoms with E-state index < -0.39 is 42.9 Å². The van der Waals surface area contributed by atoms with Crippen LogP contribution < -0.4 is 16.7 Å². The number of fused-ring (bicyclic) bond motifs is 1. The Morgan fingerprint density at radius 1 is 1.12 bits per heavy atom. The van der Waals surface area contributed by atoms with E-state index in [4.69, 9.17) is 14.0 Å². The van der Waals surface area contributed by atoms with Crippen molar-refractivity contribution in [3.8, 4) is 0 Å². The largest absolute Gasteiger partial charge is 0.494 e. The average molecular weight is 330 g/mol. The van der Waals surface area contributed by atoms with Crippen LogP contribution in [-0.4, -0.2) is 46.7 Å². The lowest BCUT2D eigenvalue weighted by atomic mass is 9.79. The molecule has 2 fully saturated rings. The molecule has 0 aliphatic carbocycles. The van der Waals surface area contributed by atoms with Gasteiger partial charge in [0, 0.05) is 12.3 Å². The highest BCUT2D eigenvalue weighted by Crippen LogP contribution is 2.37. The van der Waals surface area contributed by atoms with Gasteiger partial charge >= 0.3 is 12.8 Å². The third-order valence-corrected chi connectivity index (χ3v) is 4.22. The van der Waals surface area contributed by atoms with E-state index in [1.54, 1.807) is 0 Å². The average Bonchev–Trinajstić information content (AvgIpc) is 3.15. The third kappa shape index (κ3) is 2.51. The number of aromatic amines is 1. The van der Waals surface area contributed by atoms with Crippen molar-refractivity contribution in [3.05, 3.63) is 63.4 Å². The van der Waals surface area contributed by atoms with Crippen molar-refractivity contribution >= 4 is 12.6 Å². The number of nitrogens with zero attached hydrogens (tertiary/aromatic N) is 1. The summed E-state index contributed by atoms with van der Waals surface area (Å²) >= 11 is 0. The second-order valence-corrected chi connectivity index (χ2v) is 5.71. The minimum atomic E-state index is -0.787. The highest BCUT2D eigenvalue weighted by Gasteiger charge is 2.54. The minimum absolute atomic E-state index is 0.263. The molecular weight excluding hydrogens is 315 g/mol. The molecule has 4 atom stereocenters. The molecule has 2 aliphatic rings. The SMILES string of the molecule is O=c1ccn([C@@H]2O[C@H](CO)C3OB(c4ccccc4)O[C@@H]32)c(=O)[nH]1. The van der Waals surface area contributed by atoms with E-state index in [1.165, 1.54) is 16.8 Å². The number of H-pyrrole nitrogens is 1. The van der Waals surface area contributed by atoms with E-state index in [0.717, 1.165) is 5.46 Å². The van der Waals surface area contributed by atoms with Crippen LogP contribution in [0.3, 0.4) is 0 Å². The van der Waals surface area contributed by atoms with Gasteiger partial charge in [0.15, 0.2) is 6.23 Å². The zero-order chi connectivity index (χ0) is 16.7. The summed E-state index contributed by atoms with van der Waals surface area (Å²) in [5, 5.41) is 9.54. The zero-order valence-corrected chi connectivity index (χ0v) is 12.6. The molecule has 2 saturated heterocycles. The van der Waals surface area contributed by atoms with Crippen molar-refractivity contribution in [1.29, 1.82) is 0 Å². The van der Waals surface area contributed by atoms with E-state index in [0.29, 0.717) is 0 Å². The maximum Gasteiger partial charge on any atom is 0.494 e. The molecule has 1 unspecified atom stereocenters. The van der Waals surface area contributed by atoms with Gasteiger partial charge < -0.3 is 19.2 Å². The summed E-state index contributed by atoms with van der Waals surface area (Å²) in [5.41, 5.74) is -0.247. The number of hydrogen-bond acceptors (Lipinski definition) is 6. The third-order valence-electron chi connectivity index (χ3n) is 4.22. The van der Waals surface area contributed by atoms with Gasteiger partial charge in [0.05, 0.1) is 6.61 Å². The smallest absolute Gasteiger partial charge is 0.399 e. The van der Waals surface area contributed by atoms with Crippen LogP contribution in [0.4, 0.5) is 0 Å². The van der Waals surface area contributed by atoms with Crippen molar-refractivity contribution in [2.45, 2.75) is 24.5 Å². The van der Waals surface area contributed by atoms with Crippen LogP contribution in [0.15, 0.2) is 52.2 Å². The number of rotatable bonds is 3. The minimum Gasteiger partial charge on any atom is -0.399 e. The van der Waals surface area contributed by atoms with Crippen LogP contribution in [0.1, 0.15) is 6.23 Å². The molecule has 1 aromatic carbocycles. The highest BCUT2D eigenvalue weighted by molar-refractivity contribution is 6.61. The second-order valence-electron chi connectivity index (χ2n) is 5.71. The summed E-state index contributed by atoms with van der Waals surface area (Å²) in [5.74, 6) is 0. The lowest BCUT2D eigenvalue weighted by molar-refractivity contribution is -0.0606. The summed E-state index contributed by atoms with van der Waals surface area (Å²) in [6, 6.07) is 10.6. The van der Waals surface area contributed by atoms with Crippen LogP contribution in [-0.2, 0) is 14.0 Å². The number of ether oxygens (including phenoxy) is 1. The molecule has 8 nitrogen and oxygen atoms in total. The lowest BCUT2D eigenvalue weighted by Gasteiger charge is -2.19. The Balaban J connectivity index is 1.66. The molecule has 124 valence electrons. The van der Waals surface area contributed by atoms with Crippen LogP contribution >= 0.6 is 0 Å². The summed E-state index contributed by atoms with van der Waals surface area (Å²) in [4.78, 5) is 25.5. The number of aromatic nitrogens is 2. The zero-order valence-electron chi connectivity index (χ0n) is 12.6. The first kappa shape index (κ1) is 15.3. The fourth-order valence-corrected chi connectivity index (χ4v) is 3.10.